The Morgan fingerprint density at radius 1 is 0.493 bits per heavy atom. The highest BCUT2D eigenvalue weighted by molar-refractivity contribution is 7.33. The monoisotopic (exact) mass is 921 g/mol. The summed E-state index contributed by atoms with van der Waals surface area (Å²) < 4.78 is 2.77. The molecule has 3 heterocycles. The molecule has 8 aromatic rings. The van der Waals surface area contributed by atoms with Crippen LogP contribution >= 0.6 is 11.3 Å². The third-order valence-corrected chi connectivity index (χ3v) is 17.2. The zero-order chi connectivity index (χ0) is 48.7. The molecule has 0 saturated carbocycles. The van der Waals surface area contributed by atoms with Crippen molar-refractivity contribution >= 4 is 78.0 Å². The Kier molecular flexibility index (Phi) is 10.3. The fourth-order valence-corrected chi connectivity index (χ4v) is 13.1. The van der Waals surface area contributed by atoms with Gasteiger partial charge in [0.2, 0.25) is 0 Å². The number of rotatable bonds is 4. The van der Waals surface area contributed by atoms with Crippen LogP contribution < -0.4 is 25.5 Å². The first-order valence-corrected chi connectivity index (χ1v) is 26.2. The molecule has 4 heteroatoms. The Morgan fingerprint density at radius 2 is 1.04 bits per heavy atom. The molecule has 0 saturated heterocycles. The lowest BCUT2D eigenvalue weighted by Gasteiger charge is -2.46. The van der Waals surface area contributed by atoms with Gasteiger partial charge in [-0.1, -0.05) is 181 Å². The Balaban J connectivity index is 1.28. The van der Waals surface area contributed by atoms with Crippen molar-refractivity contribution in [1.82, 2.24) is 0 Å². The van der Waals surface area contributed by atoms with Gasteiger partial charge in [0, 0.05) is 43.2 Å². The first-order valence-electron chi connectivity index (χ1n) is 25.4. The normalized spacial score (nSPS) is 16.0. The molecule has 2 aliphatic heterocycles. The SMILES string of the molecule is Cc1cc2c3c(c1)N(c1ccc(C(C)(C)C)cc1)c1c(sc4cc(C(C)(C)C)ccc14)B3c1cc(C(C)(C)C)ccc1N2c1cc2c(cc1-c1ccccc1-c1ccccc1)C(C)(C)CCC2(C)C. The number of hydrogen-bond acceptors (Lipinski definition) is 3. The van der Waals surface area contributed by atoms with Crippen LogP contribution in [0.25, 0.3) is 32.3 Å². The lowest BCUT2D eigenvalue weighted by molar-refractivity contribution is 0.332. The van der Waals surface area contributed by atoms with E-state index in [1.54, 1.807) is 0 Å². The number of hydrogen-bond donors (Lipinski definition) is 0. The van der Waals surface area contributed by atoms with Gasteiger partial charge >= 0.3 is 0 Å². The summed E-state index contributed by atoms with van der Waals surface area (Å²) in [7, 11) is 0. The summed E-state index contributed by atoms with van der Waals surface area (Å²) in [6, 6.07) is 54.7. The number of aryl methyl sites for hydroxylation is 1. The largest absolute Gasteiger partial charge is 0.311 e. The van der Waals surface area contributed by atoms with Crippen LogP contribution in [-0.4, -0.2) is 6.71 Å². The molecule has 3 aliphatic rings. The van der Waals surface area contributed by atoms with Gasteiger partial charge in [0.25, 0.3) is 6.71 Å². The van der Waals surface area contributed by atoms with E-state index in [1.165, 1.54) is 116 Å². The molecule has 1 aliphatic carbocycles. The maximum atomic E-state index is 2.70. The summed E-state index contributed by atoms with van der Waals surface area (Å²) in [6.45, 7) is 33.3. The van der Waals surface area contributed by atoms with E-state index in [0.717, 1.165) is 12.8 Å². The Bertz CT molecular complexity index is 3350. The summed E-state index contributed by atoms with van der Waals surface area (Å²) in [4.78, 5) is 5.34. The van der Waals surface area contributed by atoms with E-state index in [-0.39, 0.29) is 33.8 Å². The van der Waals surface area contributed by atoms with Gasteiger partial charge in [0.1, 0.15) is 0 Å². The number of thiophene rings is 1. The van der Waals surface area contributed by atoms with Crippen molar-refractivity contribution in [2.45, 2.75) is 137 Å². The quantitative estimate of drug-likeness (QED) is 0.162. The van der Waals surface area contributed by atoms with Crippen molar-refractivity contribution in [1.29, 1.82) is 0 Å². The minimum absolute atomic E-state index is 0.00819. The van der Waals surface area contributed by atoms with E-state index in [9.17, 15) is 0 Å². The predicted octanol–water partition coefficient (Wildman–Crippen LogP) is 16.9. The van der Waals surface area contributed by atoms with Gasteiger partial charge in [-0.25, -0.2) is 0 Å². The maximum Gasteiger partial charge on any atom is 0.264 e. The van der Waals surface area contributed by atoms with Gasteiger partial charge in [0.15, 0.2) is 0 Å². The average Bonchev–Trinajstić information content (AvgIpc) is 3.68. The molecule has 0 atom stereocenters. The van der Waals surface area contributed by atoms with E-state index < -0.39 is 0 Å². The second kappa shape index (κ2) is 15.6. The first-order chi connectivity index (χ1) is 32.5. The van der Waals surface area contributed by atoms with Crippen molar-refractivity contribution in [2.24, 2.45) is 0 Å². The standard InChI is InChI=1S/C65H69BN2S/c1-40-34-55-58-56(35-40)68(54-39-51-50(64(11,12)32-33-65(51,13)14)38-49(54)47-23-19-18-22-46(47)41-20-16-15-17-21-41)53-31-27-43(62(5,6)7)36-52(53)66(58)60-59(48-30-26-44(63(8,9)10)37-57(48)69-60)67(55)45-28-24-42(25-29-45)61(2,3)4/h15-31,34-39H,32-33H2,1-14H3. The smallest absolute Gasteiger partial charge is 0.264 e. The van der Waals surface area contributed by atoms with Crippen LogP contribution in [0, 0.1) is 6.92 Å². The fraction of sp³-hybridized carbons (Fsp3) is 0.323. The third-order valence-electron chi connectivity index (χ3n) is 16.0. The molecule has 7 aromatic carbocycles. The second-order valence-corrected chi connectivity index (χ2v) is 26.1. The zero-order valence-electron chi connectivity index (χ0n) is 43.6. The highest BCUT2D eigenvalue weighted by Gasteiger charge is 2.47. The van der Waals surface area contributed by atoms with Crippen LogP contribution in [0.15, 0.2) is 140 Å². The van der Waals surface area contributed by atoms with E-state index in [2.05, 4.69) is 246 Å². The van der Waals surface area contributed by atoms with E-state index in [4.69, 9.17) is 0 Å². The Hall–Kier alpha value is -5.84. The number of benzene rings is 7. The molecule has 1 aromatic heterocycles. The summed E-state index contributed by atoms with van der Waals surface area (Å²) in [5, 5.41) is 1.33. The molecule has 0 amide bonds. The predicted molar refractivity (Wildman–Crippen MR) is 303 cm³/mol. The van der Waals surface area contributed by atoms with Crippen LogP contribution in [0.1, 0.15) is 136 Å². The highest BCUT2D eigenvalue weighted by atomic mass is 32.1. The van der Waals surface area contributed by atoms with Crippen LogP contribution in [0.4, 0.5) is 34.1 Å². The highest BCUT2D eigenvalue weighted by Crippen LogP contribution is 2.55. The molecule has 0 fully saturated rings. The van der Waals surface area contributed by atoms with Gasteiger partial charge in [-0.05, 0) is 156 Å². The molecule has 0 radical (unpaired) electrons. The zero-order valence-corrected chi connectivity index (χ0v) is 44.4. The molecular weight excluding hydrogens is 852 g/mol. The van der Waals surface area contributed by atoms with Crippen LogP contribution in [0.3, 0.4) is 0 Å². The average molecular weight is 921 g/mol. The van der Waals surface area contributed by atoms with E-state index >= 15 is 0 Å². The van der Waals surface area contributed by atoms with E-state index in [1.807, 2.05) is 11.3 Å². The fourth-order valence-electron chi connectivity index (χ4n) is 11.8. The summed E-state index contributed by atoms with van der Waals surface area (Å²) in [6.07, 6.45) is 2.30. The van der Waals surface area contributed by atoms with Crippen molar-refractivity contribution < 1.29 is 0 Å². The number of fused-ring (bicyclic) bond motifs is 7. The Labute approximate surface area is 417 Å². The maximum absolute atomic E-state index is 2.70. The van der Waals surface area contributed by atoms with Crippen molar-refractivity contribution in [3.8, 4) is 22.3 Å². The van der Waals surface area contributed by atoms with Crippen molar-refractivity contribution in [3.63, 3.8) is 0 Å². The summed E-state index contributed by atoms with van der Waals surface area (Å²) in [5.74, 6) is 0. The van der Waals surface area contributed by atoms with Gasteiger partial charge in [-0.15, -0.1) is 11.3 Å². The lowest BCUT2D eigenvalue weighted by atomic mass is 9.36. The van der Waals surface area contributed by atoms with E-state index in [0.29, 0.717) is 0 Å². The minimum Gasteiger partial charge on any atom is -0.311 e. The van der Waals surface area contributed by atoms with Crippen molar-refractivity contribution in [3.05, 3.63) is 173 Å². The first kappa shape index (κ1) is 45.6. The number of anilines is 6. The molecule has 11 rings (SSSR count). The van der Waals surface area contributed by atoms with Crippen LogP contribution in [0.5, 0.6) is 0 Å². The molecule has 69 heavy (non-hydrogen) atoms. The van der Waals surface area contributed by atoms with Gasteiger partial charge in [-0.2, -0.15) is 0 Å². The molecule has 0 bridgehead atoms. The summed E-state index contributed by atoms with van der Waals surface area (Å²) >= 11 is 2.01. The minimum atomic E-state index is -0.0441. The molecule has 348 valence electrons. The molecule has 0 unspecified atom stereocenters. The van der Waals surface area contributed by atoms with Gasteiger partial charge in [-0.3, -0.25) is 0 Å². The van der Waals surface area contributed by atoms with Crippen LogP contribution in [0.2, 0.25) is 0 Å². The second-order valence-electron chi connectivity index (χ2n) is 25.0. The molecule has 0 N–H and O–H groups in total. The third kappa shape index (κ3) is 7.42. The van der Waals surface area contributed by atoms with Crippen LogP contribution in [-0.2, 0) is 27.1 Å². The molecular formula is C65H69BN2S. The van der Waals surface area contributed by atoms with Gasteiger partial charge < -0.3 is 9.80 Å². The lowest BCUT2D eigenvalue weighted by Crippen LogP contribution is -2.60. The Morgan fingerprint density at radius 3 is 1.68 bits per heavy atom. The van der Waals surface area contributed by atoms with Crippen molar-refractivity contribution in [2.75, 3.05) is 9.80 Å². The molecule has 2 nitrogen and oxygen atoms in total. The topological polar surface area (TPSA) is 6.48 Å². The molecule has 0 spiro atoms. The summed E-state index contributed by atoms with van der Waals surface area (Å²) in [5.41, 5.74) is 23.7. The number of nitrogens with zero attached hydrogens (tertiary/aromatic N) is 2. The van der Waals surface area contributed by atoms with Gasteiger partial charge in [0.05, 0.1) is 11.4 Å².